The molecule has 0 saturated heterocycles. The Morgan fingerprint density at radius 1 is 0.303 bits per heavy atom. The molecule has 4 heteroatoms. The predicted octanol–water partition coefficient (Wildman–Crippen LogP) is 21.5. The van der Waals surface area contributed by atoms with E-state index in [9.17, 15) is 0 Å². The van der Waals surface area contributed by atoms with Gasteiger partial charge in [-0.15, -0.1) is 0 Å². The number of ether oxygens (including phenoxy) is 2. The number of rotatable bonds is 32. The van der Waals surface area contributed by atoms with Crippen molar-refractivity contribution in [2.24, 2.45) is 0 Å². The van der Waals surface area contributed by atoms with Crippen LogP contribution in [0.3, 0.4) is 0 Å². The van der Waals surface area contributed by atoms with Crippen molar-refractivity contribution in [3.8, 4) is 11.5 Å². The molecule has 0 unspecified atom stereocenters. The van der Waals surface area contributed by atoms with Gasteiger partial charge in [0.1, 0.15) is 11.5 Å². The average Bonchev–Trinajstić information content (AvgIpc) is 3.58. The summed E-state index contributed by atoms with van der Waals surface area (Å²) in [6, 6.07) is 38.5. The van der Waals surface area contributed by atoms with Crippen molar-refractivity contribution in [3.63, 3.8) is 0 Å². The lowest BCUT2D eigenvalue weighted by Crippen LogP contribution is -2.18. The minimum absolute atomic E-state index is 0.205. The average molecular weight is 1020 g/mol. The van der Waals surface area contributed by atoms with Crippen molar-refractivity contribution >= 4 is 76.6 Å². The molecule has 398 valence electrons. The Kier molecular flexibility index (Phi) is 19.7. The molecular weight excluding hydrogens is 929 g/mol. The summed E-state index contributed by atoms with van der Waals surface area (Å²) in [7, 11) is 0. The van der Waals surface area contributed by atoms with Gasteiger partial charge in [-0.3, -0.25) is 0 Å². The van der Waals surface area contributed by atoms with Crippen LogP contribution in [0, 0.1) is 0 Å². The highest BCUT2D eigenvalue weighted by Gasteiger charge is 2.26. The van der Waals surface area contributed by atoms with E-state index in [2.05, 4.69) is 113 Å². The van der Waals surface area contributed by atoms with Gasteiger partial charge in [-0.25, -0.2) is 9.59 Å². The lowest BCUT2D eigenvalue weighted by molar-refractivity contribution is 0.0694. The van der Waals surface area contributed by atoms with Crippen LogP contribution in [-0.2, 0) is 25.7 Å². The number of unbranched alkanes of at least 4 members (excludes halogenated alkanes) is 20. The maximum Gasteiger partial charge on any atom is 0.344 e. The molecule has 0 aliphatic heterocycles. The minimum Gasteiger partial charge on any atom is -0.422 e. The number of aryl methyl sites for hydroxylation is 4. The van der Waals surface area contributed by atoms with E-state index in [4.69, 9.17) is 9.47 Å². The summed E-state index contributed by atoms with van der Waals surface area (Å²) < 4.78 is 13.4. The second-order valence-electron chi connectivity index (χ2n) is 22.4. The highest BCUT2D eigenvalue weighted by molar-refractivity contribution is 6.27. The molecule has 0 aromatic heterocycles. The van der Waals surface area contributed by atoms with Gasteiger partial charge in [-0.1, -0.05) is 229 Å². The van der Waals surface area contributed by atoms with Gasteiger partial charge in [0.15, 0.2) is 0 Å². The maximum atomic E-state index is 15.0. The van der Waals surface area contributed by atoms with Crippen molar-refractivity contribution in [2.45, 2.75) is 207 Å². The van der Waals surface area contributed by atoms with E-state index in [1.165, 1.54) is 205 Å². The number of hydrogen-bond acceptors (Lipinski definition) is 4. The summed E-state index contributed by atoms with van der Waals surface area (Å²) in [6.07, 6.45) is 32.9. The third-order valence-electron chi connectivity index (χ3n) is 16.8. The van der Waals surface area contributed by atoms with Crippen LogP contribution >= 0.6 is 0 Å². The van der Waals surface area contributed by atoms with Crippen molar-refractivity contribution in [1.29, 1.82) is 0 Å². The van der Waals surface area contributed by atoms with Gasteiger partial charge in [0.25, 0.3) is 0 Å². The summed E-state index contributed by atoms with van der Waals surface area (Å²) in [5.41, 5.74) is 5.41. The highest BCUT2D eigenvalue weighted by atomic mass is 16.5. The maximum absolute atomic E-state index is 15.0. The van der Waals surface area contributed by atoms with Crippen molar-refractivity contribution in [1.82, 2.24) is 0 Å². The lowest BCUT2D eigenvalue weighted by Gasteiger charge is -2.20. The van der Waals surface area contributed by atoms with E-state index in [-0.39, 0.29) is 11.1 Å². The second kappa shape index (κ2) is 27.4. The zero-order valence-electron chi connectivity index (χ0n) is 46.8. The third-order valence-corrected chi connectivity index (χ3v) is 16.8. The summed E-state index contributed by atoms with van der Waals surface area (Å²) in [5.74, 6) is 0.0260. The molecule has 0 aliphatic carbocycles. The molecule has 9 rings (SSSR count). The normalized spacial score (nSPS) is 11.9. The first-order valence-electron chi connectivity index (χ1n) is 30.4. The van der Waals surface area contributed by atoms with Crippen molar-refractivity contribution in [3.05, 3.63) is 143 Å². The smallest absolute Gasteiger partial charge is 0.344 e. The van der Waals surface area contributed by atoms with Crippen LogP contribution in [0.1, 0.15) is 225 Å². The summed E-state index contributed by atoms with van der Waals surface area (Å²) in [5, 5.41) is 14.2. The Balaban J connectivity index is 1.08. The molecule has 0 bridgehead atoms. The zero-order chi connectivity index (χ0) is 52.6. The van der Waals surface area contributed by atoms with E-state index in [1.54, 1.807) is 12.1 Å². The van der Waals surface area contributed by atoms with Gasteiger partial charge in [0, 0.05) is 21.5 Å². The Morgan fingerprint density at radius 2 is 0.618 bits per heavy atom. The topological polar surface area (TPSA) is 52.6 Å². The van der Waals surface area contributed by atoms with E-state index >= 15 is 9.59 Å². The van der Waals surface area contributed by atoms with Gasteiger partial charge in [-0.05, 0) is 153 Å². The Labute approximate surface area is 455 Å². The van der Waals surface area contributed by atoms with Gasteiger partial charge in [-0.2, -0.15) is 0 Å². The standard InChI is InChI=1S/C72H86O4/c1-5-9-13-17-21-25-33-53-47-63-65(49-55(35-27-23-19-15-11-7-3)59-45-43-51-37-31-41-57(53)67(51)69(59)63)75-71(73)61-39-29-30-40-62(61)72(74)76-66-50-56(36-28-24-20-16-12-8-4)60-46-44-52-38-32-42-58-54(34-26-22-18-14-10-6-2)48-64(66)70(60)68(52)58/h29-32,37-50H,5-28,33-36H2,1-4H3. The number of hydrogen-bond donors (Lipinski definition) is 0. The van der Waals surface area contributed by atoms with Gasteiger partial charge in [0.05, 0.1) is 11.1 Å². The molecule has 9 aromatic rings. The molecule has 0 radical (unpaired) electrons. The Bertz CT molecular complexity index is 3100. The molecule has 0 saturated carbocycles. The van der Waals surface area contributed by atoms with Crippen LogP contribution in [0.25, 0.3) is 64.6 Å². The SMILES string of the molecule is CCCCCCCCc1cc2c(OC(=O)c3ccccc3C(=O)Oc3cc(CCCCCCCC)c4ccc5cccc6c(CCCCCCCC)cc3c4c56)cc(CCCCCCCC)c3ccc4cccc1c4c32. The molecule has 0 fully saturated rings. The third kappa shape index (κ3) is 12.7. The van der Waals surface area contributed by atoms with Gasteiger partial charge in [0.2, 0.25) is 0 Å². The van der Waals surface area contributed by atoms with Crippen LogP contribution < -0.4 is 9.47 Å². The number of carbonyl (C=O) groups is 2. The van der Waals surface area contributed by atoms with Crippen LogP contribution in [0.5, 0.6) is 11.5 Å². The van der Waals surface area contributed by atoms with Gasteiger partial charge >= 0.3 is 11.9 Å². The molecule has 9 aromatic carbocycles. The van der Waals surface area contributed by atoms with Crippen LogP contribution in [-0.4, -0.2) is 11.9 Å². The molecule has 4 nitrogen and oxygen atoms in total. The molecular formula is C72H86O4. The number of esters is 2. The van der Waals surface area contributed by atoms with Gasteiger partial charge < -0.3 is 9.47 Å². The summed E-state index contributed by atoms with van der Waals surface area (Å²) in [4.78, 5) is 30.0. The molecule has 0 spiro atoms. The molecule has 0 aliphatic rings. The van der Waals surface area contributed by atoms with E-state index in [0.717, 1.165) is 62.1 Å². The predicted molar refractivity (Wildman–Crippen MR) is 325 cm³/mol. The van der Waals surface area contributed by atoms with E-state index < -0.39 is 11.9 Å². The molecule has 76 heavy (non-hydrogen) atoms. The van der Waals surface area contributed by atoms with E-state index in [0.29, 0.717) is 11.5 Å². The minimum atomic E-state index is -0.550. The zero-order valence-corrected chi connectivity index (χ0v) is 46.8. The fourth-order valence-electron chi connectivity index (χ4n) is 12.6. The first-order valence-corrected chi connectivity index (χ1v) is 30.4. The largest absolute Gasteiger partial charge is 0.422 e. The molecule has 0 heterocycles. The van der Waals surface area contributed by atoms with E-state index in [1.807, 2.05) is 12.1 Å². The molecule has 0 atom stereocenters. The van der Waals surface area contributed by atoms with Crippen LogP contribution in [0.4, 0.5) is 0 Å². The van der Waals surface area contributed by atoms with Crippen LogP contribution in [0.2, 0.25) is 0 Å². The summed E-state index contributed by atoms with van der Waals surface area (Å²) >= 11 is 0. The summed E-state index contributed by atoms with van der Waals surface area (Å²) in [6.45, 7) is 9.07. The monoisotopic (exact) mass is 1010 g/mol. The quantitative estimate of drug-likeness (QED) is 0.0183. The number of benzene rings is 9. The fourth-order valence-corrected chi connectivity index (χ4v) is 12.6. The Hall–Kier alpha value is -6.00. The first kappa shape index (κ1) is 54.8. The van der Waals surface area contributed by atoms with Crippen LogP contribution in [0.15, 0.2) is 109 Å². The molecule has 0 amide bonds. The Morgan fingerprint density at radius 3 is 0.974 bits per heavy atom. The fraction of sp³-hybridized carbons (Fsp3) is 0.444. The first-order chi connectivity index (χ1) is 37.4. The van der Waals surface area contributed by atoms with Crippen molar-refractivity contribution in [2.75, 3.05) is 0 Å². The molecule has 0 N–H and O–H groups in total. The number of carbonyl (C=O) groups excluding carboxylic acids is 2. The van der Waals surface area contributed by atoms with Crippen molar-refractivity contribution < 1.29 is 19.1 Å². The second-order valence-corrected chi connectivity index (χ2v) is 22.4. The lowest BCUT2D eigenvalue weighted by atomic mass is 9.86. The highest BCUT2D eigenvalue weighted by Crippen LogP contribution is 2.45.